The summed E-state index contributed by atoms with van der Waals surface area (Å²) in [4.78, 5) is 16.8. The van der Waals surface area contributed by atoms with E-state index in [0.29, 0.717) is 28.4 Å². The van der Waals surface area contributed by atoms with Crippen LogP contribution in [0.1, 0.15) is 32.7 Å². The van der Waals surface area contributed by atoms with Crippen molar-refractivity contribution in [3.63, 3.8) is 0 Å². The zero-order chi connectivity index (χ0) is 20.3. The zero-order valence-electron chi connectivity index (χ0n) is 16.1. The van der Waals surface area contributed by atoms with Gasteiger partial charge in [-0.3, -0.25) is 4.98 Å². The van der Waals surface area contributed by atoms with Crippen molar-refractivity contribution in [2.24, 2.45) is 0 Å². The van der Waals surface area contributed by atoms with Gasteiger partial charge in [-0.2, -0.15) is 0 Å². The van der Waals surface area contributed by atoms with Gasteiger partial charge in [-0.1, -0.05) is 41.9 Å². The van der Waals surface area contributed by atoms with Crippen LogP contribution in [0, 0.1) is 19.7 Å². The minimum Gasteiger partial charge on any atom is -0.465 e. The molecule has 3 rings (SSSR count). The third-order valence-electron chi connectivity index (χ3n) is 4.77. The molecule has 1 heterocycles. The number of aryl methyl sites for hydroxylation is 4. The van der Waals surface area contributed by atoms with Crippen LogP contribution in [-0.4, -0.2) is 18.1 Å². The molecule has 1 aromatic heterocycles. The minimum atomic E-state index is -0.561. The Morgan fingerprint density at radius 3 is 2.54 bits per heavy atom. The molecule has 0 unspecified atom stereocenters. The van der Waals surface area contributed by atoms with Crippen LogP contribution < -0.4 is 0 Å². The molecule has 0 fully saturated rings. The Hall–Kier alpha value is -2.72. The van der Waals surface area contributed by atoms with Gasteiger partial charge in [0, 0.05) is 5.56 Å². The van der Waals surface area contributed by atoms with E-state index in [0.717, 1.165) is 6.42 Å². The van der Waals surface area contributed by atoms with Gasteiger partial charge in [0.05, 0.1) is 29.1 Å². The average molecular weight is 398 g/mol. The van der Waals surface area contributed by atoms with Gasteiger partial charge >= 0.3 is 5.97 Å². The van der Waals surface area contributed by atoms with Crippen LogP contribution in [0.4, 0.5) is 4.39 Å². The highest BCUT2D eigenvalue weighted by molar-refractivity contribution is 6.31. The maximum absolute atomic E-state index is 13.7. The van der Waals surface area contributed by atoms with E-state index < -0.39 is 11.8 Å². The van der Waals surface area contributed by atoms with Crippen molar-refractivity contribution in [3.05, 3.63) is 87.3 Å². The average Bonchev–Trinajstić information content (AvgIpc) is 2.68. The molecule has 3 nitrogen and oxygen atoms in total. The Morgan fingerprint density at radius 2 is 1.86 bits per heavy atom. The molecule has 0 atom stereocenters. The quantitative estimate of drug-likeness (QED) is 0.516. The molecule has 0 bridgehead atoms. The van der Waals surface area contributed by atoms with E-state index in [4.69, 9.17) is 16.3 Å². The van der Waals surface area contributed by atoms with Crippen LogP contribution in [0.5, 0.6) is 0 Å². The summed E-state index contributed by atoms with van der Waals surface area (Å²) in [5, 5.41) is 0.393. The molecular weight excluding hydrogens is 377 g/mol. The monoisotopic (exact) mass is 397 g/mol. The fourth-order valence-corrected chi connectivity index (χ4v) is 3.29. The van der Waals surface area contributed by atoms with Gasteiger partial charge in [0.15, 0.2) is 0 Å². The van der Waals surface area contributed by atoms with E-state index in [2.05, 4.69) is 37.0 Å². The summed E-state index contributed by atoms with van der Waals surface area (Å²) in [5.41, 5.74) is 5.41. The predicted molar refractivity (Wildman–Crippen MR) is 109 cm³/mol. The lowest BCUT2D eigenvalue weighted by molar-refractivity contribution is 0.0601. The molecule has 0 saturated heterocycles. The molecule has 28 heavy (non-hydrogen) atoms. The van der Waals surface area contributed by atoms with Crippen molar-refractivity contribution in [2.75, 3.05) is 7.11 Å². The number of pyridine rings is 1. The number of esters is 1. The lowest BCUT2D eigenvalue weighted by atomic mass is 10.0. The van der Waals surface area contributed by atoms with Gasteiger partial charge in [0.25, 0.3) is 0 Å². The highest BCUT2D eigenvalue weighted by Crippen LogP contribution is 2.28. The molecule has 5 heteroatoms. The third-order valence-corrected chi connectivity index (χ3v) is 5.10. The number of hydrogen-bond donors (Lipinski definition) is 0. The largest absolute Gasteiger partial charge is 0.465 e. The number of methoxy groups -OCH3 is 1. The molecule has 0 aliphatic heterocycles. The number of halogens is 2. The van der Waals surface area contributed by atoms with E-state index >= 15 is 0 Å². The number of carbonyl (C=O) groups excluding carboxylic acids is 1. The molecule has 0 aliphatic rings. The van der Waals surface area contributed by atoms with Crippen molar-refractivity contribution in [2.45, 2.75) is 26.7 Å². The van der Waals surface area contributed by atoms with Gasteiger partial charge in [-0.15, -0.1) is 0 Å². The number of nitrogens with zero attached hydrogens (tertiary/aromatic N) is 1. The van der Waals surface area contributed by atoms with Crippen molar-refractivity contribution in [1.29, 1.82) is 0 Å². The molecule has 0 spiro atoms. The van der Waals surface area contributed by atoms with E-state index in [9.17, 15) is 9.18 Å². The first-order valence-corrected chi connectivity index (χ1v) is 9.36. The molecule has 0 radical (unpaired) electrons. The molecule has 2 aromatic carbocycles. The van der Waals surface area contributed by atoms with Crippen molar-refractivity contribution >= 4 is 17.6 Å². The number of hydrogen-bond acceptors (Lipinski definition) is 3. The number of benzene rings is 2. The van der Waals surface area contributed by atoms with Crippen LogP contribution in [-0.2, 0) is 17.6 Å². The Bertz CT molecular complexity index is 1030. The van der Waals surface area contributed by atoms with E-state index in [1.165, 1.54) is 35.9 Å². The fraction of sp³-hybridized carbons (Fsp3) is 0.217. The molecule has 3 aromatic rings. The SMILES string of the molecule is COC(=O)c1cc(Cl)c(CCc2ccc(C)c(C)c2)nc1-c1cccc(F)c1. The lowest BCUT2D eigenvalue weighted by Gasteiger charge is -2.12. The summed E-state index contributed by atoms with van der Waals surface area (Å²) in [6.45, 7) is 4.16. The van der Waals surface area contributed by atoms with E-state index in [1.54, 1.807) is 18.2 Å². The van der Waals surface area contributed by atoms with Gasteiger partial charge < -0.3 is 4.74 Å². The number of ether oxygens (including phenoxy) is 1. The predicted octanol–water partition coefficient (Wildman–Crippen LogP) is 5.73. The topological polar surface area (TPSA) is 39.2 Å². The summed E-state index contributed by atoms with van der Waals surface area (Å²) in [6.07, 6.45) is 1.36. The summed E-state index contributed by atoms with van der Waals surface area (Å²) in [7, 11) is 1.29. The van der Waals surface area contributed by atoms with Crippen LogP contribution in [0.25, 0.3) is 11.3 Å². The highest BCUT2D eigenvalue weighted by Gasteiger charge is 2.19. The normalized spacial score (nSPS) is 10.8. The van der Waals surface area contributed by atoms with E-state index in [1.807, 2.05) is 0 Å². The molecule has 0 aliphatic carbocycles. The first-order valence-electron chi connectivity index (χ1n) is 8.99. The first-order chi connectivity index (χ1) is 13.4. The molecule has 0 N–H and O–H groups in total. The second-order valence-electron chi connectivity index (χ2n) is 6.73. The summed E-state index contributed by atoms with van der Waals surface area (Å²) >= 11 is 6.40. The van der Waals surface area contributed by atoms with Crippen LogP contribution in [0.2, 0.25) is 5.02 Å². The molecular formula is C23H21ClFNO2. The Morgan fingerprint density at radius 1 is 1.07 bits per heavy atom. The molecule has 0 amide bonds. The lowest BCUT2D eigenvalue weighted by Crippen LogP contribution is -2.08. The smallest absolute Gasteiger partial charge is 0.340 e. The van der Waals surface area contributed by atoms with Gasteiger partial charge in [-0.05, 0) is 61.6 Å². The number of aromatic nitrogens is 1. The van der Waals surface area contributed by atoms with Gasteiger partial charge in [-0.25, -0.2) is 9.18 Å². The zero-order valence-corrected chi connectivity index (χ0v) is 16.8. The van der Waals surface area contributed by atoms with Crippen LogP contribution in [0.15, 0.2) is 48.5 Å². The molecule has 0 saturated carbocycles. The standard InChI is InChI=1S/C23H21ClFNO2/c1-14-7-8-16(11-15(14)2)9-10-21-20(24)13-19(23(27)28-3)22(26-21)17-5-4-6-18(25)12-17/h4-8,11-13H,9-10H2,1-3H3. The number of carbonyl (C=O) groups is 1. The van der Waals surface area contributed by atoms with Crippen LogP contribution >= 0.6 is 11.6 Å². The van der Waals surface area contributed by atoms with Crippen molar-refractivity contribution in [3.8, 4) is 11.3 Å². The second-order valence-corrected chi connectivity index (χ2v) is 7.14. The first kappa shape index (κ1) is 20.0. The minimum absolute atomic E-state index is 0.216. The Labute approximate surface area is 169 Å². The van der Waals surface area contributed by atoms with Crippen LogP contribution in [0.3, 0.4) is 0 Å². The second kappa shape index (κ2) is 8.53. The Balaban J connectivity index is 1.98. The number of rotatable bonds is 5. The highest BCUT2D eigenvalue weighted by atomic mass is 35.5. The fourth-order valence-electron chi connectivity index (χ4n) is 3.05. The maximum atomic E-state index is 13.7. The summed E-state index contributed by atoms with van der Waals surface area (Å²) in [5.74, 6) is -0.962. The third kappa shape index (κ3) is 4.39. The van der Waals surface area contributed by atoms with E-state index in [-0.39, 0.29) is 5.56 Å². The van der Waals surface area contributed by atoms with Gasteiger partial charge in [0.1, 0.15) is 5.82 Å². The molecule has 144 valence electrons. The van der Waals surface area contributed by atoms with Gasteiger partial charge in [0.2, 0.25) is 0 Å². The Kier molecular flexibility index (Phi) is 6.10. The summed E-state index contributed by atoms with van der Waals surface area (Å²) in [6, 6.07) is 13.9. The van der Waals surface area contributed by atoms with Crippen molar-refractivity contribution in [1.82, 2.24) is 4.98 Å². The summed E-state index contributed by atoms with van der Waals surface area (Å²) < 4.78 is 18.6. The van der Waals surface area contributed by atoms with Crippen molar-refractivity contribution < 1.29 is 13.9 Å². The maximum Gasteiger partial charge on any atom is 0.340 e.